The van der Waals surface area contributed by atoms with E-state index < -0.39 is 11.9 Å². The smallest absolute Gasteiger partial charge is 0.311 e. The van der Waals surface area contributed by atoms with Crippen molar-refractivity contribution in [2.24, 2.45) is 5.92 Å². The highest BCUT2D eigenvalue weighted by Gasteiger charge is 2.35. The third-order valence-electron chi connectivity index (χ3n) is 5.49. The van der Waals surface area contributed by atoms with Crippen molar-refractivity contribution < 1.29 is 28.2 Å². The Balaban J connectivity index is 1.27. The molecular formula is C24H25N3O6. The molecule has 0 N–H and O–H groups in total. The van der Waals surface area contributed by atoms with Gasteiger partial charge in [-0.1, -0.05) is 24.3 Å². The van der Waals surface area contributed by atoms with Gasteiger partial charge in [-0.15, -0.1) is 10.2 Å². The first-order chi connectivity index (χ1) is 16.1. The minimum Gasteiger partial charge on any atom is -0.493 e. The third kappa shape index (κ3) is 5.31. The van der Waals surface area contributed by atoms with Gasteiger partial charge in [-0.25, -0.2) is 0 Å². The van der Waals surface area contributed by atoms with Crippen LogP contribution in [-0.4, -0.2) is 54.3 Å². The molecule has 1 aromatic heterocycles. The first-order valence-corrected chi connectivity index (χ1v) is 10.6. The Morgan fingerprint density at radius 1 is 1.09 bits per heavy atom. The van der Waals surface area contributed by atoms with E-state index in [-0.39, 0.29) is 24.8 Å². The van der Waals surface area contributed by atoms with Crippen molar-refractivity contribution in [3.8, 4) is 23.0 Å². The molecule has 0 saturated carbocycles. The Hall–Kier alpha value is -3.88. The van der Waals surface area contributed by atoms with Gasteiger partial charge in [0.15, 0.2) is 18.1 Å². The fourth-order valence-electron chi connectivity index (χ4n) is 3.71. The van der Waals surface area contributed by atoms with Crippen molar-refractivity contribution in [1.82, 2.24) is 15.1 Å². The van der Waals surface area contributed by atoms with Crippen molar-refractivity contribution in [2.45, 2.75) is 19.4 Å². The van der Waals surface area contributed by atoms with Crippen LogP contribution >= 0.6 is 0 Å². The third-order valence-corrected chi connectivity index (χ3v) is 5.49. The van der Waals surface area contributed by atoms with Crippen molar-refractivity contribution in [1.29, 1.82) is 0 Å². The Morgan fingerprint density at radius 3 is 2.64 bits per heavy atom. The number of aromatic nitrogens is 2. The maximum atomic E-state index is 12.5. The summed E-state index contributed by atoms with van der Waals surface area (Å²) in [5.74, 6) is 0.826. The minimum atomic E-state index is -0.514. The molecule has 1 amide bonds. The van der Waals surface area contributed by atoms with E-state index in [0.717, 1.165) is 11.1 Å². The second kappa shape index (κ2) is 10.2. The summed E-state index contributed by atoms with van der Waals surface area (Å²) >= 11 is 0. The standard InChI is InChI=1S/C24H25N3O6/c1-30-19-9-8-16(12-20(19)31-2)10-11-27-14-18(13-22(27)28)24(29)32-15-21-25-26-23(33-21)17-6-4-3-5-7-17/h3-9,12,18H,10-11,13-15H2,1-2H3. The van der Waals surface area contributed by atoms with Gasteiger partial charge in [-0.2, -0.15) is 0 Å². The number of amides is 1. The molecule has 0 aliphatic carbocycles. The zero-order chi connectivity index (χ0) is 23.2. The highest BCUT2D eigenvalue weighted by molar-refractivity contribution is 5.86. The number of ether oxygens (including phenoxy) is 3. The number of carbonyl (C=O) groups is 2. The average molecular weight is 451 g/mol. The van der Waals surface area contributed by atoms with E-state index in [1.54, 1.807) is 19.1 Å². The predicted molar refractivity (Wildman–Crippen MR) is 117 cm³/mol. The fraction of sp³-hybridized carbons (Fsp3) is 0.333. The topological polar surface area (TPSA) is 104 Å². The molecular weight excluding hydrogens is 426 g/mol. The van der Waals surface area contributed by atoms with Crippen LogP contribution in [-0.2, 0) is 27.4 Å². The molecule has 172 valence electrons. The predicted octanol–water partition coefficient (Wildman–Crippen LogP) is 2.89. The Kier molecular flexibility index (Phi) is 6.87. The van der Waals surface area contributed by atoms with Crippen LogP contribution in [0.2, 0.25) is 0 Å². The van der Waals surface area contributed by atoms with Crippen molar-refractivity contribution >= 4 is 11.9 Å². The summed E-state index contributed by atoms with van der Waals surface area (Å²) in [6, 6.07) is 15.0. The van der Waals surface area contributed by atoms with Crippen molar-refractivity contribution in [3.05, 3.63) is 60.0 Å². The lowest BCUT2D eigenvalue weighted by Crippen LogP contribution is -2.28. The Morgan fingerprint density at radius 2 is 1.88 bits per heavy atom. The van der Waals surface area contributed by atoms with Gasteiger partial charge < -0.3 is 23.5 Å². The lowest BCUT2D eigenvalue weighted by Gasteiger charge is -2.17. The van der Waals surface area contributed by atoms with Crippen LogP contribution in [0.15, 0.2) is 52.9 Å². The van der Waals surface area contributed by atoms with Gasteiger partial charge in [-0.3, -0.25) is 9.59 Å². The Labute approximate surface area is 191 Å². The van der Waals surface area contributed by atoms with Gasteiger partial charge in [0.05, 0.1) is 20.1 Å². The highest BCUT2D eigenvalue weighted by Crippen LogP contribution is 2.28. The molecule has 1 aliphatic heterocycles. The number of likely N-dealkylation sites (tertiary alicyclic amines) is 1. The molecule has 3 aromatic rings. The summed E-state index contributed by atoms with van der Waals surface area (Å²) in [5, 5.41) is 7.90. The summed E-state index contributed by atoms with van der Waals surface area (Å²) in [7, 11) is 3.17. The van der Waals surface area contributed by atoms with Gasteiger partial charge in [0.25, 0.3) is 5.89 Å². The molecule has 1 aliphatic rings. The monoisotopic (exact) mass is 451 g/mol. The summed E-state index contributed by atoms with van der Waals surface area (Å²) in [4.78, 5) is 26.6. The molecule has 1 atom stereocenters. The van der Waals surface area contributed by atoms with Gasteiger partial charge in [0.1, 0.15) is 0 Å². The zero-order valence-electron chi connectivity index (χ0n) is 18.5. The molecule has 0 radical (unpaired) electrons. The molecule has 0 bridgehead atoms. The molecule has 9 nitrogen and oxygen atoms in total. The molecule has 1 unspecified atom stereocenters. The first-order valence-electron chi connectivity index (χ1n) is 10.6. The van der Waals surface area contributed by atoms with Gasteiger partial charge >= 0.3 is 5.97 Å². The van der Waals surface area contributed by atoms with Crippen LogP contribution in [0.3, 0.4) is 0 Å². The second-order valence-corrected chi connectivity index (χ2v) is 7.65. The quantitative estimate of drug-likeness (QED) is 0.458. The van der Waals surface area contributed by atoms with Crippen LogP contribution in [0.5, 0.6) is 11.5 Å². The van der Waals surface area contributed by atoms with E-state index >= 15 is 0 Å². The molecule has 33 heavy (non-hydrogen) atoms. The molecule has 2 aromatic carbocycles. The van der Waals surface area contributed by atoms with E-state index in [1.165, 1.54) is 0 Å². The number of nitrogens with zero attached hydrogens (tertiary/aromatic N) is 3. The number of esters is 1. The summed E-state index contributed by atoms with van der Waals surface area (Å²) in [6.07, 6.45) is 0.766. The molecule has 9 heteroatoms. The van der Waals surface area contributed by atoms with E-state index in [2.05, 4.69) is 10.2 Å². The van der Waals surface area contributed by atoms with Crippen molar-refractivity contribution in [3.63, 3.8) is 0 Å². The number of carbonyl (C=O) groups excluding carboxylic acids is 2. The number of hydrogen-bond donors (Lipinski definition) is 0. The Bertz CT molecular complexity index is 1110. The molecule has 1 fully saturated rings. The first kappa shape index (κ1) is 22.3. The summed E-state index contributed by atoms with van der Waals surface area (Å²) in [5.41, 5.74) is 1.80. The van der Waals surface area contributed by atoms with Crippen LogP contribution in [0.4, 0.5) is 0 Å². The number of benzene rings is 2. The normalized spacial score (nSPS) is 15.5. The maximum Gasteiger partial charge on any atom is 0.311 e. The fourth-order valence-corrected chi connectivity index (χ4v) is 3.71. The highest BCUT2D eigenvalue weighted by atomic mass is 16.5. The molecule has 0 spiro atoms. The van der Waals surface area contributed by atoms with Gasteiger partial charge in [0, 0.05) is 25.1 Å². The molecule has 1 saturated heterocycles. The zero-order valence-corrected chi connectivity index (χ0v) is 18.5. The maximum absolute atomic E-state index is 12.5. The number of hydrogen-bond acceptors (Lipinski definition) is 8. The van der Waals surface area contributed by atoms with Crippen LogP contribution in [0.25, 0.3) is 11.5 Å². The summed E-state index contributed by atoms with van der Waals surface area (Å²) in [6.45, 7) is 0.696. The largest absolute Gasteiger partial charge is 0.493 e. The number of rotatable bonds is 9. The minimum absolute atomic E-state index is 0.0680. The lowest BCUT2D eigenvalue weighted by molar-refractivity contribution is -0.150. The number of methoxy groups -OCH3 is 2. The van der Waals surface area contributed by atoms with E-state index in [0.29, 0.717) is 36.9 Å². The van der Waals surface area contributed by atoms with E-state index in [1.807, 2.05) is 48.5 Å². The van der Waals surface area contributed by atoms with E-state index in [9.17, 15) is 9.59 Å². The van der Waals surface area contributed by atoms with Crippen molar-refractivity contribution in [2.75, 3.05) is 27.3 Å². The summed E-state index contributed by atoms with van der Waals surface area (Å²) < 4.78 is 21.5. The van der Waals surface area contributed by atoms with Crippen LogP contribution < -0.4 is 9.47 Å². The van der Waals surface area contributed by atoms with Gasteiger partial charge in [0.2, 0.25) is 11.8 Å². The SMILES string of the molecule is COc1ccc(CCN2CC(C(=O)OCc3nnc(-c4ccccc4)o3)CC2=O)cc1OC. The van der Waals surface area contributed by atoms with Crippen LogP contribution in [0.1, 0.15) is 17.9 Å². The second-order valence-electron chi connectivity index (χ2n) is 7.65. The van der Waals surface area contributed by atoms with Crippen LogP contribution in [0, 0.1) is 5.92 Å². The average Bonchev–Trinajstić information content (AvgIpc) is 3.48. The van der Waals surface area contributed by atoms with Gasteiger partial charge in [-0.05, 0) is 36.2 Å². The van der Waals surface area contributed by atoms with E-state index in [4.69, 9.17) is 18.6 Å². The molecule has 4 rings (SSSR count). The molecule has 2 heterocycles. The lowest BCUT2D eigenvalue weighted by atomic mass is 10.1.